The van der Waals surface area contributed by atoms with E-state index in [2.05, 4.69) is 10.9 Å². The highest BCUT2D eigenvalue weighted by molar-refractivity contribution is 8.27. The number of nitrogens with one attached hydrogen (secondary N) is 2. The molecule has 0 saturated carbocycles. The maximum absolute atomic E-state index is 13.9. The van der Waals surface area contributed by atoms with Crippen molar-refractivity contribution >= 4 is 92.4 Å². The van der Waals surface area contributed by atoms with E-state index < -0.39 is 35.3 Å². The van der Waals surface area contributed by atoms with Gasteiger partial charge in [-0.1, -0.05) is 84.4 Å². The quantitative estimate of drug-likeness (QED) is 0.261. The molecule has 0 aromatic heterocycles. The summed E-state index contributed by atoms with van der Waals surface area (Å²) in [7, 11) is 0. The van der Waals surface area contributed by atoms with Gasteiger partial charge >= 0.3 is 0 Å². The molecule has 0 aliphatic carbocycles. The molecule has 206 valence electrons. The summed E-state index contributed by atoms with van der Waals surface area (Å²) >= 11 is 12.5. The van der Waals surface area contributed by atoms with Crippen LogP contribution in [0.25, 0.3) is 12.2 Å². The first-order valence-corrected chi connectivity index (χ1v) is 14.2. The Kier molecular flexibility index (Phi) is 9.79. The molecule has 0 radical (unpaired) electrons. The lowest BCUT2D eigenvalue weighted by atomic mass is 10.2. The maximum Gasteiger partial charge on any atom is 0.266 e. The van der Waals surface area contributed by atoms with Gasteiger partial charge in [-0.05, 0) is 24.3 Å². The molecule has 2 fully saturated rings. The number of rotatable bonds is 8. The standard InChI is InChI=1S/C26H20F2N4O4S4/c27-17-7-3-1-5-15(17)13-19-23(35)31(25(37)39-19)11-9-21(33)29-30-22(34)10-12-32-24(36)20(40-26(32)38)14-16-6-2-4-8-18(16)28/h1-8,13-14H,9-12H2,(H,29,33)(H,30,34)/b19-13+,20-14+. The Morgan fingerprint density at radius 3 is 1.48 bits per heavy atom. The minimum absolute atomic E-state index is 0.0358. The Labute approximate surface area is 247 Å². The number of hydrogen-bond donors (Lipinski definition) is 2. The number of benzene rings is 2. The lowest BCUT2D eigenvalue weighted by Gasteiger charge is -2.15. The Bertz CT molecular complexity index is 1370. The molecule has 2 saturated heterocycles. The smallest absolute Gasteiger partial charge is 0.266 e. The Hall–Kier alpha value is -3.46. The molecule has 2 heterocycles. The van der Waals surface area contributed by atoms with Crippen molar-refractivity contribution in [3.8, 4) is 0 Å². The van der Waals surface area contributed by atoms with Crippen LogP contribution in [0.15, 0.2) is 58.3 Å². The number of nitrogens with zero attached hydrogens (tertiary/aromatic N) is 2. The molecule has 14 heteroatoms. The van der Waals surface area contributed by atoms with Crippen LogP contribution in [0.4, 0.5) is 8.78 Å². The third-order valence-corrected chi connectivity index (χ3v) is 8.35. The number of halogens is 2. The molecule has 2 N–H and O–H groups in total. The summed E-state index contributed by atoms with van der Waals surface area (Å²) in [6.45, 7) is -0.0717. The van der Waals surface area contributed by atoms with Gasteiger partial charge in [-0.2, -0.15) is 0 Å². The highest BCUT2D eigenvalue weighted by atomic mass is 32.2. The van der Waals surface area contributed by atoms with Crippen LogP contribution in [0, 0.1) is 11.6 Å². The van der Waals surface area contributed by atoms with Crippen molar-refractivity contribution in [2.24, 2.45) is 0 Å². The number of thioether (sulfide) groups is 2. The van der Waals surface area contributed by atoms with Crippen LogP contribution in [-0.4, -0.2) is 55.2 Å². The van der Waals surface area contributed by atoms with Crippen molar-refractivity contribution in [2.45, 2.75) is 12.8 Å². The van der Waals surface area contributed by atoms with Crippen LogP contribution in [0.2, 0.25) is 0 Å². The molecule has 2 aliphatic heterocycles. The maximum atomic E-state index is 13.9. The van der Waals surface area contributed by atoms with Gasteiger partial charge in [0.1, 0.15) is 20.3 Å². The fraction of sp³-hybridized carbons (Fsp3) is 0.154. The van der Waals surface area contributed by atoms with Gasteiger partial charge in [0.15, 0.2) is 0 Å². The van der Waals surface area contributed by atoms with Crippen LogP contribution in [0.5, 0.6) is 0 Å². The van der Waals surface area contributed by atoms with Gasteiger partial charge in [0, 0.05) is 37.1 Å². The summed E-state index contributed by atoms with van der Waals surface area (Å²) in [5.74, 6) is -2.97. The van der Waals surface area contributed by atoms with Crippen LogP contribution in [-0.2, 0) is 19.2 Å². The summed E-state index contributed by atoms with van der Waals surface area (Å²) < 4.78 is 28.3. The lowest BCUT2D eigenvalue weighted by Crippen LogP contribution is -2.44. The van der Waals surface area contributed by atoms with Crippen LogP contribution < -0.4 is 10.9 Å². The van der Waals surface area contributed by atoms with E-state index in [1.54, 1.807) is 24.3 Å². The molecule has 8 nitrogen and oxygen atoms in total. The SMILES string of the molecule is O=C(CCN1C(=O)/C(=C\c2ccccc2F)SC1=S)NNC(=O)CCN1C(=O)/C(=C\c2ccccc2F)SC1=S. The Balaban J connectivity index is 1.22. The molecule has 40 heavy (non-hydrogen) atoms. The third kappa shape index (κ3) is 7.18. The number of hydrogen-bond acceptors (Lipinski definition) is 8. The van der Waals surface area contributed by atoms with E-state index in [4.69, 9.17) is 24.4 Å². The van der Waals surface area contributed by atoms with E-state index in [1.807, 2.05) is 0 Å². The fourth-order valence-corrected chi connectivity index (χ4v) is 6.14. The minimum atomic E-state index is -0.570. The Morgan fingerprint density at radius 1 is 0.725 bits per heavy atom. The zero-order valence-corrected chi connectivity index (χ0v) is 23.8. The van der Waals surface area contributed by atoms with Crippen LogP contribution >= 0.6 is 48.0 Å². The van der Waals surface area contributed by atoms with E-state index in [0.717, 1.165) is 23.5 Å². The summed E-state index contributed by atoms with van der Waals surface area (Å²) in [5.41, 5.74) is 5.00. The average Bonchev–Trinajstić information content (AvgIpc) is 3.35. The molecule has 2 aromatic carbocycles. The summed E-state index contributed by atoms with van der Waals surface area (Å²) in [4.78, 5) is 52.8. The van der Waals surface area contributed by atoms with Gasteiger partial charge in [-0.25, -0.2) is 8.78 Å². The molecular formula is C26H20F2N4O4S4. The first-order chi connectivity index (χ1) is 19.1. The number of carbonyl (C=O) groups excluding carboxylic acids is 4. The van der Waals surface area contributed by atoms with Gasteiger partial charge in [-0.3, -0.25) is 39.8 Å². The minimum Gasteiger partial charge on any atom is -0.292 e. The molecule has 4 rings (SSSR count). The molecule has 4 amide bonds. The number of carbonyl (C=O) groups is 4. The molecule has 2 aliphatic rings. The normalized spacial score (nSPS) is 17.4. The lowest BCUT2D eigenvalue weighted by molar-refractivity contribution is -0.130. The first kappa shape index (κ1) is 29.5. The zero-order chi connectivity index (χ0) is 28.8. The van der Waals surface area contributed by atoms with E-state index in [0.29, 0.717) is 0 Å². The van der Waals surface area contributed by atoms with Gasteiger partial charge in [0.2, 0.25) is 11.8 Å². The molecule has 0 unspecified atom stereocenters. The van der Waals surface area contributed by atoms with Crippen molar-refractivity contribution < 1.29 is 28.0 Å². The predicted octanol–water partition coefficient (Wildman–Crippen LogP) is 4.00. The Morgan fingerprint density at radius 2 is 1.10 bits per heavy atom. The van der Waals surface area contributed by atoms with Gasteiger partial charge in [0.05, 0.1) is 9.81 Å². The fourth-order valence-electron chi connectivity index (χ4n) is 3.54. The van der Waals surface area contributed by atoms with Crippen molar-refractivity contribution in [3.63, 3.8) is 0 Å². The number of amides is 4. The zero-order valence-electron chi connectivity index (χ0n) is 20.5. The van der Waals surface area contributed by atoms with Gasteiger partial charge in [0.25, 0.3) is 11.8 Å². The third-order valence-electron chi connectivity index (χ3n) is 5.60. The first-order valence-electron chi connectivity index (χ1n) is 11.7. The van der Waals surface area contributed by atoms with E-state index in [1.165, 1.54) is 46.2 Å². The van der Waals surface area contributed by atoms with Crippen molar-refractivity contribution in [1.29, 1.82) is 0 Å². The van der Waals surface area contributed by atoms with Crippen LogP contribution in [0.3, 0.4) is 0 Å². The second-order valence-corrected chi connectivity index (χ2v) is 11.7. The van der Waals surface area contributed by atoms with Crippen molar-refractivity contribution in [3.05, 3.63) is 81.1 Å². The van der Waals surface area contributed by atoms with Gasteiger partial charge < -0.3 is 0 Å². The number of hydrazine groups is 1. The second-order valence-electron chi connectivity index (χ2n) is 8.31. The van der Waals surface area contributed by atoms with Crippen molar-refractivity contribution in [2.75, 3.05) is 13.1 Å². The van der Waals surface area contributed by atoms with E-state index >= 15 is 0 Å². The molecular weight excluding hydrogens is 599 g/mol. The number of thiocarbonyl (C=S) groups is 2. The molecule has 0 atom stereocenters. The highest BCUT2D eigenvalue weighted by Crippen LogP contribution is 2.34. The highest BCUT2D eigenvalue weighted by Gasteiger charge is 2.33. The van der Waals surface area contributed by atoms with E-state index in [9.17, 15) is 28.0 Å². The summed E-state index contributed by atoms with van der Waals surface area (Å²) in [6.07, 6.45) is 2.50. The monoisotopic (exact) mass is 618 g/mol. The topological polar surface area (TPSA) is 98.8 Å². The largest absolute Gasteiger partial charge is 0.292 e. The predicted molar refractivity (Wildman–Crippen MR) is 158 cm³/mol. The summed E-state index contributed by atoms with van der Waals surface area (Å²) in [5, 5.41) is 0. The second kappa shape index (κ2) is 13.3. The van der Waals surface area contributed by atoms with Crippen molar-refractivity contribution in [1.82, 2.24) is 20.7 Å². The molecule has 2 aromatic rings. The molecule has 0 bridgehead atoms. The molecule has 0 spiro atoms. The van der Waals surface area contributed by atoms with Gasteiger partial charge in [-0.15, -0.1) is 0 Å². The average molecular weight is 619 g/mol. The van der Waals surface area contributed by atoms with E-state index in [-0.39, 0.29) is 55.5 Å². The summed E-state index contributed by atoms with van der Waals surface area (Å²) in [6, 6.07) is 12.0. The van der Waals surface area contributed by atoms with Crippen LogP contribution in [0.1, 0.15) is 24.0 Å².